The lowest BCUT2D eigenvalue weighted by Crippen LogP contribution is -1.92. The molecule has 1 rings (SSSR count). The zero-order valence-corrected chi connectivity index (χ0v) is 13.4. The molecule has 0 bridgehead atoms. The zero-order valence-electron chi connectivity index (χ0n) is 13.4. The fourth-order valence-corrected chi connectivity index (χ4v) is 2.98. The molecule has 1 heteroatoms. The molecule has 0 unspecified atom stereocenters. The monoisotopic (exact) mass is 278 g/mol. The summed E-state index contributed by atoms with van der Waals surface area (Å²) >= 11 is 0. The summed E-state index contributed by atoms with van der Waals surface area (Å²) in [6, 6.07) is 0. The SMILES string of the molecule is O=C1/C=C\CCCCCCCCCCCCCCCC1. The Balaban J connectivity index is 2.16. The van der Waals surface area contributed by atoms with Crippen LogP contribution in [-0.4, -0.2) is 5.78 Å². The van der Waals surface area contributed by atoms with Crippen molar-refractivity contribution >= 4 is 5.78 Å². The van der Waals surface area contributed by atoms with Crippen LogP contribution in [0.25, 0.3) is 0 Å². The molecular formula is C19H34O. The van der Waals surface area contributed by atoms with Gasteiger partial charge >= 0.3 is 0 Å². The summed E-state index contributed by atoms with van der Waals surface area (Å²) in [5.74, 6) is 0.336. The van der Waals surface area contributed by atoms with Crippen molar-refractivity contribution in [1.82, 2.24) is 0 Å². The molecule has 0 saturated carbocycles. The highest BCUT2D eigenvalue weighted by Crippen LogP contribution is 2.14. The van der Waals surface area contributed by atoms with Crippen molar-refractivity contribution in [3.8, 4) is 0 Å². The van der Waals surface area contributed by atoms with E-state index in [2.05, 4.69) is 6.08 Å². The summed E-state index contributed by atoms with van der Waals surface area (Å²) in [7, 11) is 0. The van der Waals surface area contributed by atoms with E-state index < -0.39 is 0 Å². The Kier molecular flexibility index (Phi) is 11.7. The average Bonchev–Trinajstić information content (AvgIpc) is 2.45. The standard InChI is InChI=1S/C19H34O/c20-19-17-15-13-11-9-7-5-3-1-2-4-6-8-10-12-14-16-18-19/h15,17H,1-14,16,18H2/b17-15-. The Morgan fingerprint density at radius 1 is 0.550 bits per heavy atom. The van der Waals surface area contributed by atoms with Crippen LogP contribution in [0.4, 0.5) is 0 Å². The highest BCUT2D eigenvalue weighted by atomic mass is 16.1. The van der Waals surface area contributed by atoms with Gasteiger partial charge in [0.2, 0.25) is 0 Å². The second-order valence-corrected chi connectivity index (χ2v) is 6.36. The van der Waals surface area contributed by atoms with E-state index >= 15 is 0 Å². The van der Waals surface area contributed by atoms with Crippen molar-refractivity contribution in [2.45, 2.75) is 103 Å². The summed E-state index contributed by atoms with van der Waals surface area (Å²) in [5, 5.41) is 0. The third-order valence-electron chi connectivity index (χ3n) is 4.35. The van der Waals surface area contributed by atoms with Gasteiger partial charge in [0, 0.05) is 6.42 Å². The number of carbonyl (C=O) groups is 1. The van der Waals surface area contributed by atoms with Crippen molar-refractivity contribution in [3.05, 3.63) is 12.2 Å². The van der Waals surface area contributed by atoms with Gasteiger partial charge in [0.1, 0.15) is 0 Å². The summed E-state index contributed by atoms with van der Waals surface area (Å²) in [4.78, 5) is 11.6. The van der Waals surface area contributed by atoms with Gasteiger partial charge in [0.15, 0.2) is 5.78 Å². The summed E-state index contributed by atoms with van der Waals surface area (Å²) in [5.41, 5.74) is 0. The first kappa shape index (κ1) is 17.5. The fraction of sp³-hybridized carbons (Fsp3) is 0.842. The summed E-state index contributed by atoms with van der Waals surface area (Å²) in [6.45, 7) is 0. The predicted octanol–water partition coefficient (Wildman–Crippen LogP) is 6.37. The van der Waals surface area contributed by atoms with Crippen molar-refractivity contribution in [2.75, 3.05) is 0 Å². The normalized spacial score (nSPS) is 24.3. The molecule has 0 atom stereocenters. The third-order valence-corrected chi connectivity index (χ3v) is 4.35. The van der Waals surface area contributed by atoms with Gasteiger partial charge < -0.3 is 0 Å². The molecule has 0 aromatic heterocycles. The second kappa shape index (κ2) is 13.4. The maximum Gasteiger partial charge on any atom is 0.155 e. The van der Waals surface area contributed by atoms with Crippen LogP contribution in [0.15, 0.2) is 12.2 Å². The van der Waals surface area contributed by atoms with Gasteiger partial charge in [-0.15, -0.1) is 0 Å². The van der Waals surface area contributed by atoms with Crippen LogP contribution >= 0.6 is 0 Å². The van der Waals surface area contributed by atoms with Crippen molar-refractivity contribution in [3.63, 3.8) is 0 Å². The molecule has 116 valence electrons. The van der Waals surface area contributed by atoms with E-state index in [9.17, 15) is 4.79 Å². The van der Waals surface area contributed by atoms with Crippen LogP contribution in [0.2, 0.25) is 0 Å². The van der Waals surface area contributed by atoms with Crippen LogP contribution in [0, 0.1) is 0 Å². The summed E-state index contributed by atoms with van der Waals surface area (Å²) in [6.07, 6.45) is 24.7. The van der Waals surface area contributed by atoms with E-state index in [-0.39, 0.29) is 0 Å². The number of allylic oxidation sites excluding steroid dienone is 2. The summed E-state index contributed by atoms with van der Waals surface area (Å²) < 4.78 is 0. The Morgan fingerprint density at radius 3 is 1.45 bits per heavy atom. The van der Waals surface area contributed by atoms with E-state index in [1.54, 1.807) is 0 Å². The fourth-order valence-electron chi connectivity index (χ4n) is 2.98. The molecular weight excluding hydrogens is 244 g/mol. The largest absolute Gasteiger partial charge is 0.295 e. The maximum absolute atomic E-state index is 11.6. The molecule has 1 aliphatic carbocycles. The smallest absolute Gasteiger partial charge is 0.155 e. The van der Waals surface area contributed by atoms with Crippen LogP contribution in [-0.2, 0) is 4.79 Å². The molecule has 0 amide bonds. The molecule has 0 saturated heterocycles. The number of rotatable bonds is 0. The van der Waals surface area contributed by atoms with Gasteiger partial charge in [-0.25, -0.2) is 0 Å². The van der Waals surface area contributed by atoms with Gasteiger partial charge in [-0.2, -0.15) is 0 Å². The van der Waals surface area contributed by atoms with Crippen LogP contribution < -0.4 is 0 Å². The van der Waals surface area contributed by atoms with Crippen molar-refractivity contribution in [1.29, 1.82) is 0 Å². The Hall–Kier alpha value is -0.590. The lowest BCUT2D eigenvalue weighted by atomic mass is 10.0. The Morgan fingerprint density at radius 2 is 0.950 bits per heavy atom. The molecule has 0 aromatic rings. The molecule has 0 fully saturated rings. The molecule has 1 nitrogen and oxygen atoms in total. The maximum atomic E-state index is 11.6. The molecule has 0 aromatic carbocycles. The number of ketones is 1. The topological polar surface area (TPSA) is 17.1 Å². The number of carbonyl (C=O) groups excluding carboxylic acids is 1. The van der Waals surface area contributed by atoms with Crippen molar-refractivity contribution < 1.29 is 4.79 Å². The first-order valence-electron chi connectivity index (χ1n) is 9.09. The van der Waals surface area contributed by atoms with Gasteiger partial charge in [-0.1, -0.05) is 83.1 Å². The van der Waals surface area contributed by atoms with E-state index in [4.69, 9.17) is 0 Å². The van der Waals surface area contributed by atoms with Gasteiger partial charge in [-0.3, -0.25) is 4.79 Å². The first-order valence-corrected chi connectivity index (χ1v) is 9.09. The van der Waals surface area contributed by atoms with E-state index in [0.29, 0.717) is 5.78 Å². The second-order valence-electron chi connectivity index (χ2n) is 6.36. The molecule has 0 aliphatic heterocycles. The quantitative estimate of drug-likeness (QED) is 0.503. The lowest BCUT2D eigenvalue weighted by Gasteiger charge is -2.02. The Bertz CT molecular complexity index is 254. The van der Waals surface area contributed by atoms with Crippen LogP contribution in [0.3, 0.4) is 0 Å². The first-order chi connectivity index (χ1) is 9.89. The minimum absolute atomic E-state index is 0.336. The van der Waals surface area contributed by atoms with Crippen molar-refractivity contribution in [2.24, 2.45) is 0 Å². The van der Waals surface area contributed by atoms with E-state index in [1.165, 1.54) is 83.5 Å². The highest BCUT2D eigenvalue weighted by molar-refractivity contribution is 5.89. The molecule has 0 heterocycles. The third kappa shape index (κ3) is 11.3. The predicted molar refractivity (Wildman–Crippen MR) is 88.0 cm³/mol. The van der Waals surface area contributed by atoms with Gasteiger partial charge in [-0.05, 0) is 25.3 Å². The minimum Gasteiger partial charge on any atom is -0.295 e. The molecule has 0 N–H and O–H groups in total. The minimum atomic E-state index is 0.336. The Labute approximate surface area is 126 Å². The average molecular weight is 278 g/mol. The highest BCUT2D eigenvalue weighted by Gasteiger charge is 1.98. The number of hydrogen-bond donors (Lipinski definition) is 0. The van der Waals surface area contributed by atoms with Gasteiger partial charge in [0.05, 0.1) is 0 Å². The van der Waals surface area contributed by atoms with E-state index in [0.717, 1.165) is 19.3 Å². The van der Waals surface area contributed by atoms with Crippen LogP contribution in [0.5, 0.6) is 0 Å². The molecule has 0 spiro atoms. The zero-order chi connectivity index (χ0) is 14.3. The molecule has 0 radical (unpaired) electrons. The van der Waals surface area contributed by atoms with Crippen LogP contribution in [0.1, 0.15) is 103 Å². The van der Waals surface area contributed by atoms with Gasteiger partial charge in [0.25, 0.3) is 0 Å². The molecule has 1 aliphatic rings. The molecule has 20 heavy (non-hydrogen) atoms. The number of hydrogen-bond acceptors (Lipinski definition) is 1. The van der Waals surface area contributed by atoms with E-state index in [1.807, 2.05) is 6.08 Å². The lowest BCUT2D eigenvalue weighted by molar-refractivity contribution is -0.114.